The molecule has 4 nitrogen and oxygen atoms in total. The summed E-state index contributed by atoms with van der Waals surface area (Å²) < 4.78 is 0. The van der Waals surface area contributed by atoms with Crippen molar-refractivity contribution < 1.29 is 4.92 Å². The minimum atomic E-state index is -0.413. The Morgan fingerprint density at radius 3 is 1.83 bits per heavy atom. The summed E-state index contributed by atoms with van der Waals surface area (Å²) in [5.74, 6) is 0. The molecule has 0 unspecified atom stereocenters. The molecule has 18 heavy (non-hydrogen) atoms. The smallest absolute Gasteiger partial charge is 0.300 e. The van der Waals surface area contributed by atoms with E-state index < -0.39 is 4.92 Å². The van der Waals surface area contributed by atoms with Crippen LogP contribution in [0.3, 0.4) is 0 Å². The minimum Gasteiger partial charge on any atom is -0.393 e. The highest BCUT2D eigenvalue weighted by Gasteiger charge is 2.20. The average molecular weight is 238 g/mol. The standard InChI is InChI=1S/C14H10N2O2/c15-13-11-7-3-1-5-9(11)10-6-2-4-8-12(10)14(13)16(17)18/h1-8H,15H2. The molecule has 0 amide bonds. The molecule has 0 bridgehead atoms. The largest absolute Gasteiger partial charge is 0.393 e. The van der Waals surface area contributed by atoms with Gasteiger partial charge < -0.3 is 5.73 Å². The molecule has 0 aromatic heterocycles. The van der Waals surface area contributed by atoms with Crippen LogP contribution in [0.2, 0.25) is 0 Å². The number of nitro groups is 1. The van der Waals surface area contributed by atoms with Crippen molar-refractivity contribution in [3.05, 3.63) is 58.6 Å². The SMILES string of the molecule is Nc1c([N+](=O)[O-])c2ccccc2c2ccccc12. The lowest BCUT2D eigenvalue weighted by Gasteiger charge is -2.08. The van der Waals surface area contributed by atoms with Crippen molar-refractivity contribution in [3.8, 4) is 0 Å². The summed E-state index contributed by atoms with van der Waals surface area (Å²) in [5, 5.41) is 14.3. The van der Waals surface area contributed by atoms with E-state index in [1.165, 1.54) is 0 Å². The number of nitro benzene ring substituents is 1. The lowest BCUT2D eigenvalue weighted by molar-refractivity contribution is -0.382. The number of benzene rings is 3. The summed E-state index contributed by atoms with van der Waals surface area (Å²) in [6, 6.07) is 14.7. The lowest BCUT2D eigenvalue weighted by Crippen LogP contribution is -1.98. The van der Waals surface area contributed by atoms with Gasteiger partial charge >= 0.3 is 5.69 Å². The first-order valence-corrected chi connectivity index (χ1v) is 5.53. The Kier molecular flexibility index (Phi) is 2.16. The van der Waals surface area contributed by atoms with Crippen LogP contribution in [0.5, 0.6) is 0 Å². The first-order chi connectivity index (χ1) is 8.70. The van der Waals surface area contributed by atoms with Crippen LogP contribution < -0.4 is 5.73 Å². The van der Waals surface area contributed by atoms with Gasteiger partial charge in [-0.2, -0.15) is 0 Å². The van der Waals surface area contributed by atoms with Crippen LogP contribution >= 0.6 is 0 Å². The number of nitrogen functional groups attached to an aromatic ring is 1. The summed E-state index contributed by atoms with van der Waals surface area (Å²) in [6.07, 6.45) is 0. The van der Waals surface area contributed by atoms with Crippen molar-refractivity contribution in [2.75, 3.05) is 5.73 Å². The second-order valence-electron chi connectivity index (χ2n) is 4.11. The third-order valence-electron chi connectivity index (χ3n) is 3.13. The van der Waals surface area contributed by atoms with E-state index in [9.17, 15) is 10.1 Å². The van der Waals surface area contributed by atoms with Crippen LogP contribution in [0.25, 0.3) is 21.5 Å². The first kappa shape index (κ1) is 10.5. The summed E-state index contributed by atoms with van der Waals surface area (Å²) in [7, 11) is 0. The maximum Gasteiger partial charge on any atom is 0.300 e. The summed E-state index contributed by atoms with van der Waals surface area (Å²) in [6.45, 7) is 0. The molecule has 0 saturated carbocycles. The first-order valence-electron chi connectivity index (χ1n) is 5.53. The molecule has 0 spiro atoms. The third kappa shape index (κ3) is 1.32. The molecule has 0 radical (unpaired) electrons. The highest BCUT2D eigenvalue weighted by Crippen LogP contribution is 2.39. The third-order valence-corrected chi connectivity index (χ3v) is 3.13. The molecule has 3 aromatic rings. The molecule has 0 aliphatic heterocycles. The van der Waals surface area contributed by atoms with Crippen LogP contribution in [0.1, 0.15) is 0 Å². The fraction of sp³-hybridized carbons (Fsp3) is 0. The van der Waals surface area contributed by atoms with Gasteiger partial charge in [0.2, 0.25) is 0 Å². The van der Waals surface area contributed by atoms with E-state index >= 15 is 0 Å². The van der Waals surface area contributed by atoms with Gasteiger partial charge in [-0.1, -0.05) is 42.5 Å². The van der Waals surface area contributed by atoms with Crippen molar-refractivity contribution in [3.63, 3.8) is 0 Å². The Bertz CT molecular complexity index is 781. The van der Waals surface area contributed by atoms with Crippen molar-refractivity contribution in [1.29, 1.82) is 0 Å². The van der Waals surface area contributed by atoms with Gasteiger partial charge in [0, 0.05) is 5.39 Å². The van der Waals surface area contributed by atoms with E-state index in [1.807, 2.05) is 36.4 Å². The Morgan fingerprint density at radius 1 is 0.833 bits per heavy atom. The molecule has 88 valence electrons. The van der Waals surface area contributed by atoms with Crippen molar-refractivity contribution in [1.82, 2.24) is 0 Å². The van der Waals surface area contributed by atoms with E-state index in [2.05, 4.69) is 0 Å². The zero-order valence-electron chi connectivity index (χ0n) is 9.46. The van der Waals surface area contributed by atoms with Gasteiger partial charge in [0.15, 0.2) is 0 Å². The zero-order valence-corrected chi connectivity index (χ0v) is 9.46. The fourth-order valence-corrected chi connectivity index (χ4v) is 2.35. The van der Waals surface area contributed by atoms with Gasteiger partial charge in [-0.05, 0) is 16.8 Å². The summed E-state index contributed by atoms with van der Waals surface area (Å²) in [5.41, 5.74) is 6.17. The number of hydrogen-bond acceptors (Lipinski definition) is 3. The summed E-state index contributed by atoms with van der Waals surface area (Å²) >= 11 is 0. The molecule has 3 rings (SSSR count). The lowest BCUT2D eigenvalue weighted by atomic mass is 9.99. The van der Waals surface area contributed by atoms with E-state index in [4.69, 9.17) is 5.73 Å². The molecule has 0 atom stereocenters. The van der Waals surface area contributed by atoms with Crippen LogP contribution in [0, 0.1) is 10.1 Å². The number of nitrogens with two attached hydrogens (primary N) is 1. The molecule has 0 fully saturated rings. The highest BCUT2D eigenvalue weighted by molar-refractivity contribution is 6.17. The van der Waals surface area contributed by atoms with Crippen LogP contribution in [-0.2, 0) is 0 Å². The predicted molar refractivity (Wildman–Crippen MR) is 72.5 cm³/mol. The van der Waals surface area contributed by atoms with Crippen molar-refractivity contribution in [2.45, 2.75) is 0 Å². The monoisotopic (exact) mass is 238 g/mol. The predicted octanol–water partition coefficient (Wildman–Crippen LogP) is 3.48. The van der Waals surface area contributed by atoms with Gasteiger partial charge in [-0.15, -0.1) is 0 Å². The number of nitrogens with zero attached hydrogens (tertiary/aromatic N) is 1. The molecular formula is C14H10N2O2. The van der Waals surface area contributed by atoms with Gasteiger partial charge in [0.1, 0.15) is 5.69 Å². The fourth-order valence-electron chi connectivity index (χ4n) is 2.35. The second kappa shape index (κ2) is 3.70. The molecule has 0 saturated heterocycles. The Balaban J connectivity index is 2.66. The molecular weight excluding hydrogens is 228 g/mol. The quantitative estimate of drug-likeness (QED) is 0.305. The minimum absolute atomic E-state index is 0.00991. The van der Waals surface area contributed by atoms with Crippen molar-refractivity contribution >= 4 is 32.9 Å². The summed E-state index contributed by atoms with van der Waals surface area (Å²) in [4.78, 5) is 10.8. The topological polar surface area (TPSA) is 69.2 Å². The van der Waals surface area contributed by atoms with Gasteiger partial charge in [0.05, 0.1) is 10.3 Å². The van der Waals surface area contributed by atoms with Gasteiger partial charge in [-0.25, -0.2) is 0 Å². The maximum absolute atomic E-state index is 11.2. The average Bonchev–Trinajstić information content (AvgIpc) is 2.39. The number of anilines is 1. The van der Waals surface area contributed by atoms with Crippen LogP contribution in [0.15, 0.2) is 48.5 Å². The Hall–Kier alpha value is -2.62. The van der Waals surface area contributed by atoms with E-state index in [0.717, 1.165) is 16.2 Å². The number of hydrogen-bond donors (Lipinski definition) is 1. The Labute approximate surface area is 103 Å². The molecule has 2 N–H and O–H groups in total. The van der Waals surface area contributed by atoms with E-state index in [1.54, 1.807) is 12.1 Å². The normalized spacial score (nSPS) is 10.9. The zero-order chi connectivity index (χ0) is 12.7. The molecule has 0 aliphatic rings. The van der Waals surface area contributed by atoms with Crippen LogP contribution in [0.4, 0.5) is 11.4 Å². The van der Waals surface area contributed by atoms with Crippen molar-refractivity contribution in [2.24, 2.45) is 0 Å². The number of rotatable bonds is 1. The number of fused-ring (bicyclic) bond motifs is 3. The van der Waals surface area contributed by atoms with Gasteiger partial charge in [0.25, 0.3) is 0 Å². The highest BCUT2D eigenvalue weighted by atomic mass is 16.6. The van der Waals surface area contributed by atoms with E-state index in [0.29, 0.717) is 5.39 Å². The van der Waals surface area contributed by atoms with Gasteiger partial charge in [-0.3, -0.25) is 10.1 Å². The molecule has 4 heteroatoms. The molecule has 0 aliphatic carbocycles. The van der Waals surface area contributed by atoms with E-state index in [-0.39, 0.29) is 11.4 Å². The maximum atomic E-state index is 11.2. The Morgan fingerprint density at radius 2 is 1.28 bits per heavy atom. The molecule has 3 aromatic carbocycles. The molecule has 0 heterocycles. The second-order valence-corrected chi connectivity index (χ2v) is 4.11. The van der Waals surface area contributed by atoms with Crippen LogP contribution in [-0.4, -0.2) is 4.92 Å².